The fraction of sp³-hybridized carbons (Fsp3) is 0.611. The van der Waals surface area contributed by atoms with Crippen molar-refractivity contribution in [1.82, 2.24) is 4.90 Å². The van der Waals surface area contributed by atoms with Crippen molar-refractivity contribution in [3.8, 4) is 0 Å². The molecule has 1 aliphatic heterocycles. The number of carbonyl (C=O) groups is 1. The summed E-state index contributed by atoms with van der Waals surface area (Å²) in [4.78, 5) is 17.0. The Morgan fingerprint density at radius 3 is 2.19 bits per heavy atom. The molecule has 2 rings (SSSR count). The van der Waals surface area contributed by atoms with E-state index in [9.17, 15) is 4.79 Å². The number of carbonyl (C=O) groups excluding carboxylic acids is 1. The van der Waals surface area contributed by atoms with E-state index in [4.69, 9.17) is 4.74 Å². The Balaban J connectivity index is 2.79. The largest absolute Gasteiger partial charge is 0.439 e. The maximum atomic E-state index is 12.6. The van der Waals surface area contributed by atoms with E-state index in [1.165, 1.54) is 33.5 Å². The van der Waals surface area contributed by atoms with Gasteiger partial charge in [-0.05, 0) is 65.1 Å². The van der Waals surface area contributed by atoms with E-state index in [1.54, 1.807) is 0 Å². The number of hydrogen-bond donors (Lipinski definition) is 0. The fourth-order valence-corrected chi connectivity index (χ4v) is 7.69. The van der Waals surface area contributed by atoms with E-state index < -0.39 is 0 Å². The molecule has 1 aromatic carbocycles. The second-order valence-electron chi connectivity index (χ2n) is 6.52. The normalized spacial score (nSPS) is 19.0. The SMILES string of the molecule is Cc1c(C)c(CI)c2c(c1CI)C(N(C)C(=O)OCI)CC(CI)N2CI. The lowest BCUT2D eigenvalue weighted by molar-refractivity contribution is 0.110. The number of hydrogen-bond acceptors (Lipinski definition) is 3. The molecule has 0 radical (unpaired) electrons. The van der Waals surface area contributed by atoms with Crippen molar-refractivity contribution in [2.24, 2.45) is 0 Å². The highest BCUT2D eigenvalue weighted by Crippen LogP contribution is 2.48. The maximum absolute atomic E-state index is 12.6. The summed E-state index contributed by atoms with van der Waals surface area (Å²) in [7, 11) is 1.89. The number of benzene rings is 1. The zero-order valence-corrected chi connectivity index (χ0v) is 26.3. The lowest BCUT2D eigenvalue weighted by Gasteiger charge is -2.46. The maximum Gasteiger partial charge on any atom is 0.410 e. The molecule has 1 heterocycles. The van der Waals surface area contributed by atoms with Crippen molar-refractivity contribution in [2.45, 2.75) is 41.2 Å². The van der Waals surface area contributed by atoms with Gasteiger partial charge in [0.05, 0.1) is 10.6 Å². The lowest BCUT2D eigenvalue weighted by Crippen LogP contribution is -2.46. The molecular formula is C18H23I5N2O2. The van der Waals surface area contributed by atoms with Crippen LogP contribution in [0.5, 0.6) is 0 Å². The van der Waals surface area contributed by atoms with Gasteiger partial charge in [-0.25, -0.2) is 4.79 Å². The molecule has 0 aliphatic carbocycles. The summed E-state index contributed by atoms with van der Waals surface area (Å²) in [5, 5.41) is 0. The molecule has 4 nitrogen and oxygen atoms in total. The number of nitrogens with zero attached hydrogens (tertiary/aromatic N) is 2. The molecule has 0 aromatic heterocycles. The van der Waals surface area contributed by atoms with Gasteiger partial charge in [0.1, 0.15) is 4.61 Å². The van der Waals surface area contributed by atoms with Crippen LogP contribution in [0, 0.1) is 13.8 Å². The predicted molar refractivity (Wildman–Crippen MR) is 156 cm³/mol. The van der Waals surface area contributed by atoms with E-state index >= 15 is 0 Å². The van der Waals surface area contributed by atoms with E-state index in [-0.39, 0.29) is 12.1 Å². The summed E-state index contributed by atoms with van der Waals surface area (Å²) >= 11 is 12.0. The van der Waals surface area contributed by atoms with Crippen LogP contribution >= 0.6 is 113 Å². The molecule has 1 amide bonds. The molecule has 0 fully saturated rings. The van der Waals surface area contributed by atoms with Crippen LogP contribution in [0.4, 0.5) is 10.5 Å². The molecule has 0 N–H and O–H groups in total. The van der Waals surface area contributed by atoms with Crippen LogP contribution in [0.15, 0.2) is 0 Å². The Labute approximate surface area is 230 Å². The van der Waals surface area contributed by atoms with E-state index in [2.05, 4.69) is 132 Å². The van der Waals surface area contributed by atoms with Gasteiger partial charge < -0.3 is 14.5 Å². The number of anilines is 1. The Kier molecular flexibility index (Phi) is 10.8. The first kappa shape index (κ1) is 25.2. The number of amides is 1. The third-order valence-electron chi connectivity index (χ3n) is 5.40. The van der Waals surface area contributed by atoms with Crippen molar-refractivity contribution < 1.29 is 9.53 Å². The van der Waals surface area contributed by atoms with Gasteiger partial charge in [-0.3, -0.25) is 0 Å². The van der Waals surface area contributed by atoms with Crippen LogP contribution in [0.1, 0.15) is 40.3 Å². The molecule has 0 bridgehead atoms. The minimum absolute atomic E-state index is 0.0557. The van der Waals surface area contributed by atoms with Crippen molar-refractivity contribution >= 4 is 125 Å². The van der Waals surface area contributed by atoms with Crippen LogP contribution in [0.2, 0.25) is 0 Å². The Hall–Kier alpha value is 1.94. The number of halogens is 5. The van der Waals surface area contributed by atoms with Crippen molar-refractivity contribution in [2.75, 3.05) is 25.5 Å². The molecule has 152 valence electrons. The van der Waals surface area contributed by atoms with Gasteiger partial charge in [0.2, 0.25) is 0 Å². The topological polar surface area (TPSA) is 32.8 Å². The van der Waals surface area contributed by atoms with E-state index in [1.807, 2.05) is 11.9 Å². The summed E-state index contributed by atoms with van der Waals surface area (Å²) in [6, 6.07) is 0.473. The van der Waals surface area contributed by atoms with Crippen molar-refractivity contribution in [3.05, 3.63) is 27.8 Å². The predicted octanol–water partition coefficient (Wildman–Crippen LogP) is 7.08. The summed E-state index contributed by atoms with van der Waals surface area (Å²) in [6.07, 6.45) is 0.711. The second-order valence-corrected chi connectivity index (χ2v) is 10.2. The molecule has 2 atom stereocenters. The van der Waals surface area contributed by atoms with Crippen molar-refractivity contribution in [3.63, 3.8) is 0 Å². The summed E-state index contributed by atoms with van der Waals surface area (Å²) in [5.74, 6) is 0. The lowest BCUT2D eigenvalue weighted by atomic mass is 9.82. The molecule has 27 heavy (non-hydrogen) atoms. The summed E-state index contributed by atoms with van der Waals surface area (Å²) in [6.45, 7) is 4.49. The van der Waals surface area contributed by atoms with Crippen LogP contribution in [-0.4, -0.2) is 37.7 Å². The first-order valence-electron chi connectivity index (χ1n) is 8.48. The van der Waals surface area contributed by atoms with Crippen LogP contribution in [-0.2, 0) is 13.6 Å². The summed E-state index contributed by atoms with van der Waals surface area (Å²) in [5.41, 5.74) is 8.28. The van der Waals surface area contributed by atoms with E-state index in [0.29, 0.717) is 10.7 Å². The van der Waals surface area contributed by atoms with E-state index in [0.717, 1.165) is 24.3 Å². The molecule has 2 unspecified atom stereocenters. The Morgan fingerprint density at radius 1 is 1.11 bits per heavy atom. The number of ether oxygens (including phenoxy) is 1. The summed E-state index contributed by atoms with van der Waals surface area (Å²) < 4.78 is 9.63. The highest BCUT2D eigenvalue weighted by atomic mass is 127. The zero-order valence-electron chi connectivity index (χ0n) is 15.5. The zero-order chi connectivity index (χ0) is 20.3. The number of alkyl halides is 5. The molecule has 0 spiro atoms. The van der Waals surface area contributed by atoms with Gasteiger partial charge in [-0.15, -0.1) is 0 Å². The van der Waals surface area contributed by atoms with Gasteiger partial charge in [0.15, 0.2) is 0 Å². The quantitative estimate of drug-likeness (QED) is 0.174. The van der Waals surface area contributed by atoms with Gasteiger partial charge in [0, 0.05) is 37.6 Å². The third kappa shape index (κ3) is 5.06. The number of rotatable bonds is 6. The average molecular weight is 934 g/mol. The minimum atomic E-state index is -0.232. The highest BCUT2D eigenvalue weighted by Gasteiger charge is 2.39. The monoisotopic (exact) mass is 934 g/mol. The van der Waals surface area contributed by atoms with Gasteiger partial charge in [0.25, 0.3) is 0 Å². The average Bonchev–Trinajstić information content (AvgIpc) is 2.67. The van der Waals surface area contributed by atoms with Crippen LogP contribution < -0.4 is 4.90 Å². The Bertz CT molecular complexity index is 701. The Morgan fingerprint density at radius 2 is 1.70 bits per heavy atom. The fourth-order valence-electron chi connectivity index (χ4n) is 3.78. The van der Waals surface area contributed by atoms with Gasteiger partial charge >= 0.3 is 6.09 Å². The molecule has 1 aromatic rings. The molecular weight excluding hydrogens is 911 g/mol. The molecule has 1 aliphatic rings. The minimum Gasteiger partial charge on any atom is -0.439 e. The smallest absolute Gasteiger partial charge is 0.410 e. The number of fused-ring (bicyclic) bond motifs is 1. The second kappa shape index (κ2) is 11.5. The van der Waals surface area contributed by atoms with Gasteiger partial charge in [-0.2, -0.15) is 0 Å². The van der Waals surface area contributed by atoms with Gasteiger partial charge in [-0.1, -0.05) is 90.4 Å². The molecule has 0 saturated carbocycles. The van der Waals surface area contributed by atoms with Crippen molar-refractivity contribution in [1.29, 1.82) is 0 Å². The standard InChI is InChI=1S/C18H23I5N2O2/c1-10-11(2)14(7-21)17-16(13(10)6-20)15(24(3)18(26)27-9-23)4-12(5-19)25(17)8-22/h12,15H,4-9H2,1-3H3. The van der Waals surface area contributed by atoms with Crippen LogP contribution in [0.3, 0.4) is 0 Å². The highest BCUT2D eigenvalue weighted by molar-refractivity contribution is 14.1. The first-order valence-corrected chi connectivity index (χ1v) is 16.1. The third-order valence-corrected chi connectivity index (χ3v) is 8.99. The molecule has 0 saturated heterocycles. The first-order chi connectivity index (χ1) is 12.9. The van der Waals surface area contributed by atoms with Crippen LogP contribution in [0.25, 0.3) is 0 Å². The molecule has 9 heteroatoms.